The number of thiazole rings is 1. The Morgan fingerprint density at radius 3 is 2.35 bits per heavy atom. The van der Waals surface area contributed by atoms with Crippen molar-refractivity contribution in [3.05, 3.63) is 89.2 Å². The lowest BCUT2D eigenvalue weighted by Gasteiger charge is -2.08. The lowest BCUT2D eigenvalue weighted by molar-refractivity contribution is 0.602. The predicted octanol–water partition coefficient (Wildman–Crippen LogP) is 6.97. The van der Waals surface area contributed by atoms with Crippen molar-refractivity contribution in [2.24, 2.45) is 0 Å². The van der Waals surface area contributed by atoms with E-state index in [9.17, 15) is 12.8 Å². The molecule has 0 saturated heterocycles. The summed E-state index contributed by atoms with van der Waals surface area (Å²) in [5, 5.41) is 0.682. The standard InChI is InChI=1S/C23H17ClFNO2S3/c1-31(27,28)20-5-3-2-4-19(20)21-22(16-8-12-18(25)13-9-16)30-23(26-21)29-14-15-6-10-17(24)11-7-15/h2-13H,14H2,1H3. The summed E-state index contributed by atoms with van der Waals surface area (Å²) >= 11 is 8.98. The van der Waals surface area contributed by atoms with Gasteiger partial charge in [0, 0.05) is 22.6 Å². The van der Waals surface area contributed by atoms with Gasteiger partial charge in [-0.3, -0.25) is 0 Å². The Hall–Kier alpha value is -2.19. The summed E-state index contributed by atoms with van der Waals surface area (Å²) in [5.74, 6) is 0.365. The van der Waals surface area contributed by atoms with Gasteiger partial charge < -0.3 is 0 Å². The number of benzene rings is 3. The monoisotopic (exact) mass is 489 g/mol. The Labute approximate surface area is 193 Å². The molecule has 4 rings (SSSR count). The molecule has 3 aromatic carbocycles. The Kier molecular flexibility index (Phi) is 6.48. The van der Waals surface area contributed by atoms with Crippen LogP contribution >= 0.6 is 34.7 Å². The molecule has 0 fully saturated rings. The van der Waals surface area contributed by atoms with Crippen LogP contribution in [0.2, 0.25) is 5.02 Å². The Balaban J connectivity index is 1.78. The van der Waals surface area contributed by atoms with Gasteiger partial charge in [-0.25, -0.2) is 17.8 Å². The molecule has 8 heteroatoms. The maximum atomic E-state index is 13.5. The third-order valence-corrected chi connectivity index (χ3v) is 8.26. The number of halogens is 2. The first-order valence-corrected chi connectivity index (χ1v) is 13.3. The number of nitrogens with zero attached hydrogens (tertiary/aromatic N) is 1. The number of hydrogen-bond acceptors (Lipinski definition) is 5. The summed E-state index contributed by atoms with van der Waals surface area (Å²) in [6, 6.07) is 20.6. The zero-order valence-electron chi connectivity index (χ0n) is 16.4. The van der Waals surface area contributed by atoms with Crippen LogP contribution in [0.5, 0.6) is 0 Å². The maximum absolute atomic E-state index is 13.5. The Morgan fingerprint density at radius 2 is 1.68 bits per heavy atom. The number of thioether (sulfide) groups is 1. The van der Waals surface area contributed by atoms with Crippen LogP contribution in [0.1, 0.15) is 5.56 Å². The van der Waals surface area contributed by atoms with Gasteiger partial charge in [0.15, 0.2) is 14.2 Å². The molecule has 1 heterocycles. The van der Waals surface area contributed by atoms with E-state index in [2.05, 4.69) is 0 Å². The van der Waals surface area contributed by atoms with E-state index in [1.807, 2.05) is 24.3 Å². The van der Waals surface area contributed by atoms with Gasteiger partial charge in [0.2, 0.25) is 0 Å². The third-order valence-electron chi connectivity index (χ3n) is 4.53. The summed E-state index contributed by atoms with van der Waals surface area (Å²) in [6.45, 7) is 0. The SMILES string of the molecule is CS(=O)(=O)c1ccccc1-c1nc(SCc2ccc(Cl)cc2)sc1-c1ccc(F)cc1. The van der Waals surface area contributed by atoms with Crippen molar-refractivity contribution in [2.45, 2.75) is 15.0 Å². The van der Waals surface area contributed by atoms with Crippen LogP contribution in [0.15, 0.2) is 82.0 Å². The number of aromatic nitrogens is 1. The first-order chi connectivity index (χ1) is 14.8. The highest BCUT2D eigenvalue weighted by atomic mass is 35.5. The molecule has 0 aliphatic carbocycles. The molecule has 1 aromatic heterocycles. The lowest BCUT2D eigenvalue weighted by atomic mass is 10.1. The molecule has 0 aliphatic heterocycles. The minimum absolute atomic E-state index is 0.220. The summed E-state index contributed by atoms with van der Waals surface area (Å²) in [7, 11) is -3.45. The Bertz CT molecular complexity index is 1320. The average molecular weight is 490 g/mol. The van der Waals surface area contributed by atoms with Crippen molar-refractivity contribution >= 4 is 44.5 Å². The third kappa shape index (κ3) is 5.18. The van der Waals surface area contributed by atoms with Crippen molar-refractivity contribution in [2.75, 3.05) is 6.26 Å². The van der Waals surface area contributed by atoms with Crippen LogP contribution < -0.4 is 0 Å². The first-order valence-electron chi connectivity index (χ1n) is 9.25. The van der Waals surface area contributed by atoms with E-state index in [1.54, 1.807) is 48.2 Å². The second-order valence-corrected chi connectivity index (χ2v) is 11.5. The molecule has 4 aromatic rings. The van der Waals surface area contributed by atoms with E-state index >= 15 is 0 Å². The van der Waals surface area contributed by atoms with Gasteiger partial charge in [-0.1, -0.05) is 65.8 Å². The molecular weight excluding hydrogens is 473 g/mol. The molecule has 0 radical (unpaired) electrons. The van der Waals surface area contributed by atoms with Crippen LogP contribution in [0.3, 0.4) is 0 Å². The second-order valence-electron chi connectivity index (χ2n) is 6.85. The molecule has 0 amide bonds. The molecule has 31 heavy (non-hydrogen) atoms. The van der Waals surface area contributed by atoms with E-state index in [1.165, 1.54) is 29.7 Å². The van der Waals surface area contributed by atoms with Crippen LogP contribution in [0.25, 0.3) is 21.7 Å². The first kappa shape index (κ1) is 22.0. The summed E-state index contributed by atoms with van der Waals surface area (Å²) in [5.41, 5.74) is 3.01. The van der Waals surface area contributed by atoms with E-state index in [0.29, 0.717) is 22.0 Å². The molecule has 0 unspecified atom stereocenters. The smallest absolute Gasteiger partial charge is 0.176 e. The van der Waals surface area contributed by atoms with E-state index in [-0.39, 0.29) is 10.7 Å². The zero-order valence-corrected chi connectivity index (χ0v) is 19.6. The molecule has 158 valence electrons. The molecule has 0 saturated carbocycles. The van der Waals surface area contributed by atoms with Gasteiger partial charge >= 0.3 is 0 Å². The molecule has 0 spiro atoms. The number of sulfone groups is 1. The topological polar surface area (TPSA) is 47.0 Å². The normalized spacial score (nSPS) is 11.6. The van der Waals surface area contributed by atoms with Gasteiger partial charge in [-0.15, -0.1) is 11.3 Å². The lowest BCUT2D eigenvalue weighted by Crippen LogP contribution is -2.00. The molecular formula is C23H17ClFNO2S3. The van der Waals surface area contributed by atoms with Crippen LogP contribution in [0.4, 0.5) is 4.39 Å². The second kappa shape index (κ2) is 9.12. The summed E-state index contributed by atoms with van der Waals surface area (Å²) in [6.07, 6.45) is 1.19. The molecule has 0 N–H and O–H groups in total. The van der Waals surface area contributed by atoms with Crippen molar-refractivity contribution in [3.63, 3.8) is 0 Å². The van der Waals surface area contributed by atoms with Crippen molar-refractivity contribution in [3.8, 4) is 21.7 Å². The van der Waals surface area contributed by atoms with Gasteiger partial charge in [0.1, 0.15) is 5.82 Å². The predicted molar refractivity (Wildman–Crippen MR) is 127 cm³/mol. The number of rotatable bonds is 6. The quantitative estimate of drug-likeness (QED) is 0.274. The largest absolute Gasteiger partial charge is 0.229 e. The molecule has 0 aliphatic rings. The van der Waals surface area contributed by atoms with E-state index in [0.717, 1.165) is 20.3 Å². The fourth-order valence-corrected chi connectivity index (χ4v) is 6.19. The van der Waals surface area contributed by atoms with Crippen molar-refractivity contribution in [1.29, 1.82) is 0 Å². The van der Waals surface area contributed by atoms with Gasteiger partial charge in [-0.05, 0) is 41.5 Å². The molecule has 0 bridgehead atoms. The van der Waals surface area contributed by atoms with Crippen LogP contribution in [-0.2, 0) is 15.6 Å². The van der Waals surface area contributed by atoms with Crippen molar-refractivity contribution in [1.82, 2.24) is 4.98 Å². The highest BCUT2D eigenvalue weighted by molar-refractivity contribution is 8.00. The highest BCUT2D eigenvalue weighted by Crippen LogP contribution is 2.42. The van der Waals surface area contributed by atoms with Gasteiger partial charge in [0.25, 0.3) is 0 Å². The minimum Gasteiger partial charge on any atom is -0.229 e. The average Bonchev–Trinajstić information content (AvgIpc) is 3.17. The van der Waals surface area contributed by atoms with E-state index < -0.39 is 9.84 Å². The highest BCUT2D eigenvalue weighted by Gasteiger charge is 2.21. The summed E-state index contributed by atoms with van der Waals surface area (Å²) < 4.78 is 39.0. The fraction of sp³-hybridized carbons (Fsp3) is 0.0870. The molecule has 0 atom stereocenters. The van der Waals surface area contributed by atoms with E-state index in [4.69, 9.17) is 16.6 Å². The number of hydrogen-bond donors (Lipinski definition) is 0. The van der Waals surface area contributed by atoms with Gasteiger partial charge in [0.05, 0.1) is 15.5 Å². The fourth-order valence-electron chi connectivity index (χ4n) is 3.05. The van der Waals surface area contributed by atoms with Gasteiger partial charge in [-0.2, -0.15) is 0 Å². The molecule has 3 nitrogen and oxygen atoms in total. The zero-order chi connectivity index (χ0) is 22.0. The maximum Gasteiger partial charge on any atom is 0.176 e. The Morgan fingerprint density at radius 1 is 1.00 bits per heavy atom. The van der Waals surface area contributed by atoms with Crippen LogP contribution in [0, 0.1) is 5.82 Å². The summed E-state index contributed by atoms with van der Waals surface area (Å²) in [4.78, 5) is 5.80. The minimum atomic E-state index is -3.45. The van der Waals surface area contributed by atoms with Crippen LogP contribution in [-0.4, -0.2) is 19.7 Å². The van der Waals surface area contributed by atoms with Crippen molar-refractivity contribution < 1.29 is 12.8 Å².